The summed E-state index contributed by atoms with van der Waals surface area (Å²) in [6, 6.07) is 5.39. The zero-order valence-electron chi connectivity index (χ0n) is 19.9. The van der Waals surface area contributed by atoms with Gasteiger partial charge in [0.2, 0.25) is 0 Å². The number of morpholine rings is 1. The Morgan fingerprint density at radius 3 is 2.88 bits per heavy atom. The van der Waals surface area contributed by atoms with Gasteiger partial charge in [-0.3, -0.25) is 4.90 Å². The molecule has 1 aliphatic heterocycles. The van der Waals surface area contributed by atoms with E-state index in [4.69, 9.17) is 37.4 Å². The summed E-state index contributed by atoms with van der Waals surface area (Å²) in [5, 5.41) is 4.32. The quantitative estimate of drug-likeness (QED) is 0.491. The van der Waals surface area contributed by atoms with Crippen LogP contribution >= 0.6 is 23.2 Å². The fourth-order valence-electron chi connectivity index (χ4n) is 4.26. The molecule has 0 saturated carbocycles. The number of anilines is 2. The molecule has 2 heterocycles. The Bertz CT molecular complexity index is 1040. The number of nitrogens with zero attached hydrogens (tertiary/aromatic N) is 3. The van der Waals surface area contributed by atoms with Crippen LogP contribution < -0.4 is 5.32 Å². The molecule has 4 rings (SSSR count). The van der Waals surface area contributed by atoms with Gasteiger partial charge >= 0.3 is 0 Å². The summed E-state index contributed by atoms with van der Waals surface area (Å²) in [5.41, 5.74) is 1.89. The van der Waals surface area contributed by atoms with Gasteiger partial charge in [-0.2, -0.15) is 0 Å². The standard InChI is InChI=1S/C25H32Cl2N4O3/c1-4-5-8-31-9-10-33-18(14-31)15-34-23-12-22-19(13-25(23,2)32-3)24(29-16-28-22)30-17-6-7-20(26)21(27)11-17/h6-7,11-12,16,18H,4-5,8-10,13-15H2,1-3H3,(H,28,29,30). The number of hydrogen-bond acceptors (Lipinski definition) is 7. The second-order valence-electron chi connectivity index (χ2n) is 8.92. The van der Waals surface area contributed by atoms with E-state index in [1.807, 2.05) is 19.1 Å². The molecule has 2 unspecified atom stereocenters. The van der Waals surface area contributed by atoms with Crippen LogP contribution in [0.3, 0.4) is 0 Å². The van der Waals surface area contributed by atoms with Gasteiger partial charge < -0.3 is 19.5 Å². The molecular formula is C25H32Cl2N4O3. The SMILES string of the molecule is CCCCN1CCOC(COC2=Cc3ncnc(Nc4ccc(Cl)c(Cl)c4)c3CC2(C)OC)C1. The van der Waals surface area contributed by atoms with E-state index in [1.165, 1.54) is 19.2 Å². The van der Waals surface area contributed by atoms with Crippen LogP contribution in [0.5, 0.6) is 0 Å². The third-order valence-electron chi connectivity index (χ3n) is 6.39. The first-order chi connectivity index (χ1) is 16.4. The molecule has 2 aromatic rings. The number of methoxy groups -OCH3 is 1. The molecule has 1 N–H and O–H groups in total. The highest BCUT2D eigenvalue weighted by atomic mass is 35.5. The number of halogens is 2. The molecule has 184 valence electrons. The molecule has 7 nitrogen and oxygen atoms in total. The molecule has 1 aromatic carbocycles. The van der Waals surface area contributed by atoms with Crippen LogP contribution in [0.15, 0.2) is 30.3 Å². The monoisotopic (exact) mass is 506 g/mol. The van der Waals surface area contributed by atoms with Gasteiger partial charge in [-0.1, -0.05) is 36.5 Å². The van der Waals surface area contributed by atoms with Crippen LogP contribution in [0.2, 0.25) is 10.0 Å². The van der Waals surface area contributed by atoms with Crippen molar-refractivity contribution in [3.8, 4) is 0 Å². The lowest BCUT2D eigenvalue weighted by Gasteiger charge is -2.37. The predicted molar refractivity (Wildman–Crippen MR) is 136 cm³/mol. The first-order valence-electron chi connectivity index (χ1n) is 11.7. The molecule has 0 spiro atoms. The highest BCUT2D eigenvalue weighted by Crippen LogP contribution is 2.37. The molecule has 1 aliphatic carbocycles. The van der Waals surface area contributed by atoms with E-state index >= 15 is 0 Å². The first kappa shape index (κ1) is 25.2. The summed E-state index contributed by atoms with van der Waals surface area (Å²) in [4.78, 5) is 11.4. The lowest BCUT2D eigenvalue weighted by atomic mass is 9.87. The zero-order chi connectivity index (χ0) is 24.1. The summed E-state index contributed by atoms with van der Waals surface area (Å²) in [6.45, 7) is 8.41. The van der Waals surface area contributed by atoms with Crippen molar-refractivity contribution in [1.29, 1.82) is 0 Å². The summed E-state index contributed by atoms with van der Waals surface area (Å²) in [7, 11) is 1.70. The maximum atomic E-state index is 6.30. The van der Waals surface area contributed by atoms with E-state index < -0.39 is 5.60 Å². The Balaban J connectivity index is 1.50. The second-order valence-corrected chi connectivity index (χ2v) is 9.73. The molecule has 34 heavy (non-hydrogen) atoms. The smallest absolute Gasteiger partial charge is 0.137 e. The highest BCUT2D eigenvalue weighted by Gasteiger charge is 2.38. The number of nitrogens with one attached hydrogen (secondary N) is 1. The Kier molecular flexibility index (Phi) is 8.32. The van der Waals surface area contributed by atoms with E-state index in [-0.39, 0.29) is 6.10 Å². The minimum absolute atomic E-state index is 0.0336. The van der Waals surface area contributed by atoms with E-state index in [0.29, 0.717) is 28.9 Å². The van der Waals surface area contributed by atoms with Crippen LogP contribution in [0.25, 0.3) is 6.08 Å². The topological polar surface area (TPSA) is 68.7 Å². The van der Waals surface area contributed by atoms with Crippen molar-refractivity contribution in [3.05, 3.63) is 51.6 Å². The Hall–Kier alpha value is -1.90. The van der Waals surface area contributed by atoms with Crippen LogP contribution in [0.4, 0.5) is 11.5 Å². The molecular weight excluding hydrogens is 475 g/mol. The minimum atomic E-state index is -0.650. The number of aromatic nitrogens is 2. The predicted octanol–water partition coefficient (Wildman–Crippen LogP) is 5.35. The summed E-state index contributed by atoms with van der Waals surface area (Å²) >= 11 is 12.2. The van der Waals surface area contributed by atoms with Gasteiger partial charge in [0, 0.05) is 43.9 Å². The van der Waals surface area contributed by atoms with E-state index in [0.717, 1.165) is 48.9 Å². The minimum Gasteiger partial charge on any atom is -0.492 e. The van der Waals surface area contributed by atoms with Crippen molar-refractivity contribution >= 4 is 40.8 Å². The molecule has 1 saturated heterocycles. The van der Waals surface area contributed by atoms with Crippen molar-refractivity contribution in [2.75, 3.05) is 45.3 Å². The van der Waals surface area contributed by atoms with Gasteiger partial charge in [0.05, 0.1) is 22.3 Å². The third kappa shape index (κ3) is 5.83. The number of hydrogen-bond donors (Lipinski definition) is 1. The van der Waals surface area contributed by atoms with E-state index in [2.05, 4.69) is 27.1 Å². The van der Waals surface area contributed by atoms with Gasteiger partial charge in [0.25, 0.3) is 0 Å². The molecule has 2 aliphatic rings. The normalized spacial score (nSPS) is 22.7. The maximum absolute atomic E-state index is 6.30. The number of benzene rings is 1. The van der Waals surface area contributed by atoms with Gasteiger partial charge in [0.1, 0.15) is 36.2 Å². The lowest BCUT2D eigenvalue weighted by molar-refractivity contribution is -0.0769. The van der Waals surface area contributed by atoms with Crippen LogP contribution in [-0.4, -0.2) is 66.5 Å². The molecule has 0 bridgehead atoms. The number of unbranched alkanes of at least 4 members (excludes halogenated alkanes) is 1. The third-order valence-corrected chi connectivity index (χ3v) is 7.13. The molecule has 2 atom stereocenters. The van der Waals surface area contributed by atoms with Gasteiger partial charge in [-0.25, -0.2) is 9.97 Å². The summed E-state index contributed by atoms with van der Waals surface area (Å²) in [6.07, 6.45) is 6.48. The van der Waals surface area contributed by atoms with Gasteiger partial charge in [-0.15, -0.1) is 0 Å². The fraction of sp³-hybridized carbons (Fsp3) is 0.520. The largest absolute Gasteiger partial charge is 0.492 e. The number of ether oxygens (including phenoxy) is 3. The Morgan fingerprint density at radius 1 is 1.26 bits per heavy atom. The van der Waals surface area contributed by atoms with Crippen LogP contribution in [-0.2, 0) is 20.6 Å². The van der Waals surface area contributed by atoms with Crippen molar-refractivity contribution < 1.29 is 14.2 Å². The lowest BCUT2D eigenvalue weighted by Crippen LogP contribution is -2.45. The average molecular weight is 507 g/mol. The zero-order valence-corrected chi connectivity index (χ0v) is 21.5. The Labute approximate surface area is 211 Å². The second kappa shape index (κ2) is 11.2. The average Bonchev–Trinajstić information content (AvgIpc) is 2.84. The van der Waals surface area contributed by atoms with Crippen molar-refractivity contribution in [2.45, 2.75) is 44.8 Å². The molecule has 0 radical (unpaired) electrons. The molecule has 0 amide bonds. The van der Waals surface area contributed by atoms with Crippen LogP contribution in [0, 0.1) is 0 Å². The van der Waals surface area contributed by atoms with Crippen molar-refractivity contribution in [3.63, 3.8) is 0 Å². The van der Waals surface area contributed by atoms with E-state index in [9.17, 15) is 0 Å². The maximum Gasteiger partial charge on any atom is 0.137 e. The highest BCUT2D eigenvalue weighted by molar-refractivity contribution is 6.42. The number of fused-ring (bicyclic) bond motifs is 1. The first-order valence-corrected chi connectivity index (χ1v) is 12.5. The van der Waals surface area contributed by atoms with E-state index in [1.54, 1.807) is 19.2 Å². The summed E-state index contributed by atoms with van der Waals surface area (Å²) < 4.78 is 18.2. The summed E-state index contributed by atoms with van der Waals surface area (Å²) in [5.74, 6) is 1.44. The van der Waals surface area contributed by atoms with Crippen LogP contribution in [0.1, 0.15) is 37.9 Å². The molecule has 9 heteroatoms. The number of rotatable bonds is 9. The van der Waals surface area contributed by atoms with Crippen molar-refractivity contribution in [2.24, 2.45) is 0 Å². The van der Waals surface area contributed by atoms with Gasteiger partial charge in [-0.05, 0) is 38.1 Å². The molecule has 1 aromatic heterocycles. The van der Waals surface area contributed by atoms with Crippen molar-refractivity contribution in [1.82, 2.24) is 14.9 Å². The molecule has 1 fully saturated rings. The fourth-order valence-corrected chi connectivity index (χ4v) is 4.56. The van der Waals surface area contributed by atoms with Gasteiger partial charge in [0.15, 0.2) is 0 Å². The Morgan fingerprint density at radius 2 is 2.12 bits per heavy atom.